The third-order valence-electron chi connectivity index (χ3n) is 1.83. The van der Waals surface area contributed by atoms with Crippen molar-refractivity contribution < 1.29 is 9.13 Å². The monoisotopic (exact) mass is 284 g/mol. The molecule has 1 heterocycles. The molecule has 0 saturated heterocycles. The summed E-state index contributed by atoms with van der Waals surface area (Å²) in [5.74, 6) is -0.592. The zero-order valence-corrected chi connectivity index (χ0v) is 10.1. The van der Waals surface area contributed by atoms with Crippen molar-refractivity contribution in [3.63, 3.8) is 0 Å². The van der Waals surface area contributed by atoms with E-state index in [0.29, 0.717) is 0 Å². The summed E-state index contributed by atoms with van der Waals surface area (Å²) in [6.07, 6.45) is 0. The molecular formula is C10H3Cl2FN4O. The van der Waals surface area contributed by atoms with E-state index in [1.165, 1.54) is 12.1 Å². The van der Waals surface area contributed by atoms with Crippen molar-refractivity contribution >= 4 is 23.2 Å². The summed E-state index contributed by atoms with van der Waals surface area (Å²) in [6, 6.07) is 5.23. The number of halogens is 3. The van der Waals surface area contributed by atoms with Crippen molar-refractivity contribution in [2.75, 3.05) is 0 Å². The first-order valence-corrected chi connectivity index (χ1v) is 5.28. The maximum atomic E-state index is 13.3. The minimum atomic E-state index is -0.707. The lowest BCUT2D eigenvalue weighted by atomic mass is 10.2. The Labute approximate surface area is 111 Å². The first kappa shape index (κ1) is 12.5. The van der Waals surface area contributed by atoms with Crippen LogP contribution in [-0.4, -0.2) is 15.0 Å². The Bertz CT molecular complexity index is 624. The lowest BCUT2D eigenvalue weighted by molar-refractivity contribution is 0.435. The maximum absolute atomic E-state index is 13.3. The molecule has 0 saturated carbocycles. The summed E-state index contributed by atoms with van der Waals surface area (Å²) in [5.41, 5.74) is -0.0888. The van der Waals surface area contributed by atoms with Gasteiger partial charge in [-0.2, -0.15) is 20.2 Å². The average Bonchev–Trinajstić information content (AvgIpc) is 2.27. The third kappa shape index (κ3) is 2.83. The van der Waals surface area contributed by atoms with E-state index in [-0.39, 0.29) is 27.9 Å². The molecule has 2 rings (SSSR count). The molecule has 18 heavy (non-hydrogen) atoms. The first-order chi connectivity index (χ1) is 8.58. The van der Waals surface area contributed by atoms with Gasteiger partial charge in [-0.05, 0) is 35.3 Å². The molecule has 0 atom stereocenters. The van der Waals surface area contributed by atoms with Gasteiger partial charge in [-0.15, -0.1) is 0 Å². The minimum absolute atomic E-state index is 0.0888. The number of hydrogen-bond acceptors (Lipinski definition) is 5. The Morgan fingerprint density at radius 2 is 1.83 bits per heavy atom. The Morgan fingerprint density at radius 3 is 2.39 bits per heavy atom. The van der Waals surface area contributed by atoms with Crippen molar-refractivity contribution in [3.05, 3.63) is 40.1 Å². The van der Waals surface area contributed by atoms with Crippen LogP contribution in [0.4, 0.5) is 4.39 Å². The SMILES string of the molecule is N#Cc1ccc(Oc2nc(Cl)nc(Cl)n2)cc1F. The summed E-state index contributed by atoms with van der Waals surface area (Å²) >= 11 is 11.1. The van der Waals surface area contributed by atoms with Crippen LogP contribution < -0.4 is 4.74 Å². The normalized spacial score (nSPS) is 9.89. The van der Waals surface area contributed by atoms with Crippen LogP contribution >= 0.6 is 23.2 Å². The van der Waals surface area contributed by atoms with E-state index in [9.17, 15) is 4.39 Å². The molecule has 0 amide bonds. The molecule has 2 aromatic rings. The van der Waals surface area contributed by atoms with Gasteiger partial charge in [-0.3, -0.25) is 0 Å². The number of hydrogen-bond donors (Lipinski definition) is 0. The van der Waals surface area contributed by atoms with Gasteiger partial charge in [0.25, 0.3) is 0 Å². The maximum Gasteiger partial charge on any atom is 0.327 e. The predicted molar refractivity (Wildman–Crippen MR) is 61.0 cm³/mol. The number of rotatable bonds is 2. The Hall–Kier alpha value is -1.97. The molecule has 90 valence electrons. The van der Waals surface area contributed by atoms with Gasteiger partial charge >= 0.3 is 6.01 Å². The van der Waals surface area contributed by atoms with Crippen LogP contribution in [0.5, 0.6) is 11.8 Å². The molecule has 0 bridgehead atoms. The van der Waals surface area contributed by atoms with Gasteiger partial charge in [0.05, 0.1) is 5.56 Å². The summed E-state index contributed by atoms with van der Waals surface area (Å²) < 4.78 is 18.4. The van der Waals surface area contributed by atoms with E-state index >= 15 is 0 Å². The molecule has 0 fully saturated rings. The average molecular weight is 285 g/mol. The number of nitriles is 1. The predicted octanol–water partition coefficient (Wildman–Crippen LogP) is 2.98. The van der Waals surface area contributed by atoms with Crippen LogP contribution in [0.15, 0.2) is 18.2 Å². The van der Waals surface area contributed by atoms with Crippen LogP contribution in [0.3, 0.4) is 0 Å². The highest BCUT2D eigenvalue weighted by molar-refractivity contribution is 6.31. The highest BCUT2D eigenvalue weighted by Crippen LogP contribution is 2.22. The molecule has 0 aliphatic heterocycles. The van der Waals surface area contributed by atoms with Crippen LogP contribution in [0.1, 0.15) is 5.56 Å². The number of nitrogens with zero attached hydrogens (tertiary/aromatic N) is 4. The molecule has 0 aliphatic rings. The zero-order valence-electron chi connectivity index (χ0n) is 8.56. The summed E-state index contributed by atoms with van der Waals surface area (Å²) in [4.78, 5) is 10.8. The topological polar surface area (TPSA) is 71.7 Å². The van der Waals surface area contributed by atoms with E-state index < -0.39 is 5.82 Å². The van der Waals surface area contributed by atoms with Crippen molar-refractivity contribution in [1.82, 2.24) is 15.0 Å². The van der Waals surface area contributed by atoms with E-state index in [2.05, 4.69) is 15.0 Å². The van der Waals surface area contributed by atoms with E-state index in [1.54, 1.807) is 6.07 Å². The lowest BCUT2D eigenvalue weighted by Gasteiger charge is -2.04. The van der Waals surface area contributed by atoms with Crippen molar-refractivity contribution in [3.8, 4) is 17.8 Å². The number of benzene rings is 1. The quantitative estimate of drug-likeness (QED) is 0.848. The van der Waals surface area contributed by atoms with Crippen molar-refractivity contribution in [1.29, 1.82) is 5.26 Å². The van der Waals surface area contributed by atoms with Crippen molar-refractivity contribution in [2.45, 2.75) is 0 Å². The molecule has 0 radical (unpaired) electrons. The van der Waals surface area contributed by atoms with Crippen LogP contribution in [0, 0.1) is 17.1 Å². The van der Waals surface area contributed by atoms with Gasteiger partial charge < -0.3 is 4.74 Å². The highest BCUT2D eigenvalue weighted by Gasteiger charge is 2.08. The second-order valence-electron chi connectivity index (χ2n) is 3.01. The zero-order chi connectivity index (χ0) is 13.1. The standard InChI is InChI=1S/C10H3Cl2FN4O/c11-8-15-9(12)17-10(16-8)18-6-2-1-5(4-14)7(13)3-6/h1-3H. The van der Waals surface area contributed by atoms with Gasteiger partial charge in [-0.25, -0.2) is 4.39 Å². The Balaban J connectivity index is 2.29. The Morgan fingerprint density at radius 1 is 1.17 bits per heavy atom. The van der Waals surface area contributed by atoms with Crippen LogP contribution in [-0.2, 0) is 0 Å². The Kier molecular flexibility index (Phi) is 3.55. The van der Waals surface area contributed by atoms with Gasteiger partial charge in [0.1, 0.15) is 17.6 Å². The second-order valence-corrected chi connectivity index (χ2v) is 3.69. The minimum Gasteiger partial charge on any atom is -0.424 e. The molecule has 0 unspecified atom stereocenters. The van der Waals surface area contributed by atoms with Crippen molar-refractivity contribution in [2.24, 2.45) is 0 Å². The van der Waals surface area contributed by atoms with E-state index in [1.807, 2.05) is 0 Å². The van der Waals surface area contributed by atoms with E-state index in [0.717, 1.165) is 6.07 Å². The van der Waals surface area contributed by atoms with Gasteiger partial charge in [0.2, 0.25) is 10.6 Å². The summed E-state index contributed by atoms with van der Waals surface area (Å²) in [5, 5.41) is 8.29. The molecule has 1 aromatic heterocycles. The highest BCUT2D eigenvalue weighted by atomic mass is 35.5. The van der Waals surface area contributed by atoms with Gasteiger partial charge in [0.15, 0.2) is 0 Å². The second kappa shape index (κ2) is 5.12. The van der Waals surface area contributed by atoms with Gasteiger partial charge in [0, 0.05) is 6.07 Å². The molecule has 0 spiro atoms. The molecule has 8 heteroatoms. The molecule has 0 aliphatic carbocycles. The molecule has 5 nitrogen and oxygen atoms in total. The lowest BCUT2D eigenvalue weighted by Crippen LogP contribution is -1.96. The fourth-order valence-electron chi connectivity index (χ4n) is 1.11. The fraction of sp³-hybridized carbons (Fsp3) is 0. The molecular weight excluding hydrogens is 282 g/mol. The number of ether oxygens (including phenoxy) is 1. The first-order valence-electron chi connectivity index (χ1n) is 4.53. The van der Waals surface area contributed by atoms with Crippen LogP contribution in [0.2, 0.25) is 10.6 Å². The molecule has 0 N–H and O–H groups in total. The summed E-state index contributed by atoms with van der Waals surface area (Å²) in [6.45, 7) is 0. The van der Waals surface area contributed by atoms with Gasteiger partial charge in [-0.1, -0.05) is 0 Å². The fourth-order valence-corrected chi connectivity index (χ4v) is 1.46. The molecule has 1 aromatic carbocycles. The van der Waals surface area contributed by atoms with E-state index in [4.69, 9.17) is 33.2 Å². The van der Waals surface area contributed by atoms with Crippen LogP contribution in [0.25, 0.3) is 0 Å². The number of aromatic nitrogens is 3. The summed E-state index contributed by atoms with van der Waals surface area (Å²) in [7, 11) is 0. The smallest absolute Gasteiger partial charge is 0.327 e. The third-order valence-corrected chi connectivity index (χ3v) is 2.17. The largest absolute Gasteiger partial charge is 0.424 e.